The standard InChI is InChI=1S/C21H23N3O3S/c1-15(2)24(17-7-5-4-6-8-17)20(25)14-28-21-23-22-19(27-21)13-26-18-11-9-16(3)10-12-18/h4-12,15H,13-14H2,1-3H3. The van der Waals surface area contributed by atoms with Crippen molar-refractivity contribution >= 4 is 23.4 Å². The predicted octanol–water partition coefficient (Wildman–Crippen LogP) is 4.49. The average Bonchev–Trinajstić information content (AvgIpc) is 3.14. The van der Waals surface area contributed by atoms with Gasteiger partial charge in [-0.2, -0.15) is 0 Å². The zero-order chi connectivity index (χ0) is 19.9. The van der Waals surface area contributed by atoms with Gasteiger partial charge >= 0.3 is 0 Å². The zero-order valence-electron chi connectivity index (χ0n) is 16.2. The van der Waals surface area contributed by atoms with E-state index in [9.17, 15) is 4.79 Å². The maximum Gasteiger partial charge on any atom is 0.277 e. The molecule has 146 valence electrons. The molecule has 1 amide bonds. The number of thioether (sulfide) groups is 1. The van der Waals surface area contributed by atoms with Gasteiger partial charge in [-0.15, -0.1) is 10.2 Å². The second-order valence-corrected chi connectivity index (χ2v) is 7.47. The molecule has 0 saturated heterocycles. The van der Waals surface area contributed by atoms with Gasteiger partial charge in [0.15, 0.2) is 6.61 Å². The number of carbonyl (C=O) groups is 1. The lowest BCUT2D eigenvalue weighted by molar-refractivity contribution is -0.116. The molecule has 1 heterocycles. The van der Waals surface area contributed by atoms with Crippen LogP contribution in [0, 0.1) is 6.92 Å². The summed E-state index contributed by atoms with van der Waals surface area (Å²) in [5, 5.41) is 8.32. The van der Waals surface area contributed by atoms with E-state index in [0.29, 0.717) is 11.1 Å². The second kappa shape index (κ2) is 9.41. The van der Waals surface area contributed by atoms with E-state index in [1.165, 1.54) is 17.3 Å². The van der Waals surface area contributed by atoms with Gasteiger partial charge in [0.2, 0.25) is 5.91 Å². The lowest BCUT2D eigenvalue weighted by Crippen LogP contribution is -2.38. The summed E-state index contributed by atoms with van der Waals surface area (Å²) in [5.74, 6) is 1.32. The van der Waals surface area contributed by atoms with Gasteiger partial charge in [-0.05, 0) is 45.0 Å². The molecule has 3 aromatic rings. The fourth-order valence-electron chi connectivity index (χ4n) is 2.65. The SMILES string of the molecule is Cc1ccc(OCc2nnc(SCC(=O)N(c3ccccc3)C(C)C)o2)cc1. The molecule has 3 rings (SSSR count). The molecule has 0 unspecified atom stereocenters. The molecule has 0 saturated carbocycles. The summed E-state index contributed by atoms with van der Waals surface area (Å²) < 4.78 is 11.2. The molecular formula is C21H23N3O3S. The van der Waals surface area contributed by atoms with Crippen molar-refractivity contribution in [2.75, 3.05) is 10.7 Å². The van der Waals surface area contributed by atoms with Gasteiger partial charge in [0.05, 0.1) is 5.75 Å². The molecule has 0 bridgehead atoms. The molecule has 0 aliphatic carbocycles. The summed E-state index contributed by atoms with van der Waals surface area (Å²) in [5.41, 5.74) is 2.04. The number of aromatic nitrogens is 2. The highest BCUT2D eigenvalue weighted by molar-refractivity contribution is 7.99. The molecule has 2 aromatic carbocycles. The van der Waals surface area contributed by atoms with E-state index >= 15 is 0 Å². The molecule has 0 N–H and O–H groups in total. The molecule has 1 aromatic heterocycles. The molecule has 0 fully saturated rings. The first-order valence-electron chi connectivity index (χ1n) is 9.04. The van der Waals surface area contributed by atoms with Crippen LogP contribution in [-0.2, 0) is 11.4 Å². The number of ether oxygens (including phenoxy) is 1. The third kappa shape index (κ3) is 5.36. The van der Waals surface area contributed by atoms with E-state index in [1.54, 1.807) is 4.90 Å². The third-order valence-electron chi connectivity index (χ3n) is 3.97. The van der Waals surface area contributed by atoms with Crippen LogP contribution in [0.1, 0.15) is 25.3 Å². The molecule has 0 radical (unpaired) electrons. The van der Waals surface area contributed by atoms with Crippen LogP contribution in [0.25, 0.3) is 0 Å². The number of hydrogen-bond donors (Lipinski definition) is 0. The Morgan fingerprint density at radius 1 is 1.11 bits per heavy atom. The molecule has 6 nitrogen and oxygen atoms in total. The number of hydrogen-bond acceptors (Lipinski definition) is 6. The Hall–Kier alpha value is -2.80. The number of aryl methyl sites for hydroxylation is 1. The van der Waals surface area contributed by atoms with Crippen molar-refractivity contribution in [2.24, 2.45) is 0 Å². The fraction of sp³-hybridized carbons (Fsp3) is 0.286. The maximum atomic E-state index is 12.7. The Morgan fingerprint density at radius 2 is 1.82 bits per heavy atom. The Kier molecular flexibility index (Phi) is 6.71. The lowest BCUT2D eigenvalue weighted by Gasteiger charge is -2.26. The number of carbonyl (C=O) groups excluding carboxylic acids is 1. The largest absolute Gasteiger partial charge is 0.484 e. The Labute approximate surface area is 168 Å². The normalized spacial score (nSPS) is 10.9. The van der Waals surface area contributed by atoms with E-state index in [2.05, 4.69) is 10.2 Å². The first-order valence-corrected chi connectivity index (χ1v) is 10.0. The van der Waals surface area contributed by atoms with E-state index in [4.69, 9.17) is 9.15 Å². The van der Waals surface area contributed by atoms with Crippen molar-refractivity contribution in [3.63, 3.8) is 0 Å². The second-order valence-electron chi connectivity index (χ2n) is 6.55. The topological polar surface area (TPSA) is 68.5 Å². The summed E-state index contributed by atoms with van der Waals surface area (Å²) in [7, 11) is 0. The highest BCUT2D eigenvalue weighted by atomic mass is 32.2. The molecular weight excluding hydrogens is 374 g/mol. The number of nitrogens with zero attached hydrogens (tertiary/aromatic N) is 3. The minimum Gasteiger partial charge on any atom is -0.484 e. The number of para-hydroxylation sites is 1. The van der Waals surface area contributed by atoms with E-state index in [1.807, 2.05) is 75.4 Å². The summed E-state index contributed by atoms with van der Waals surface area (Å²) in [6, 6.07) is 17.4. The first-order chi connectivity index (χ1) is 13.5. The van der Waals surface area contributed by atoms with Crippen LogP contribution in [0.3, 0.4) is 0 Å². The third-order valence-corrected chi connectivity index (χ3v) is 4.77. The van der Waals surface area contributed by atoms with Crippen molar-refractivity contribution in [2.45, 2.75) is 38.6 Å². The Balaban J connectivity index is 1.54. The van der Waals surface area contributed by atoms with Crippen LogP contribution in [0.5, 0.6) is 5.75 Å². The maximum absolute atomic E-state index is 12.7. The molecule has 0 aliphatic rings. The van der Waals surface area contributed by atoms with Crippen molar-refractivity contribution in [3.8, 4) is 5.75 Å². The van der Waals surface area contributed by atoms with Gasteiger partial charge in [0.25, 0.3) is 11.1 Å². The average molecular weight is 398 g/mol. The van der Waals surface area contributed by atoms with Crippen molar-refractivity contribution in [3.05, 3.63) is 66.1 Å². The van der Waals surface area contributed by atoms with Crippen molar-refractivity contribution in [1.82, 2.24) is 10.2 Å². The quantitative estimate of drug-likeness (QED) is 0.522. The summed E-state index contributed by atoms with van der Waals surface area (Å²) in [6.45, 7) is 6.18. The van der Waals surface area contributed by atoms with Crippen LogP contribution in [-0.4, -0.2) is 27.9 Å². The lowest BCUT2D eigenvalue weighted by atomic mass is 10.2. The Morgan fingerprint density at radius 3 is 2.50 bits per heavy atom. The van der Waals surface area contributed by atoms with Gasteiger partial charge in [0, 0.05) is 11.7 Å². The van der Waals surface area contributed by atoms with E-state index in [0.717, 1.165) is 11.4 Å². The zero-order valence-corrected chi connectivity index (χ0v) is 17.0. The summed E-state index contributed by atoms with van der Waals surface area (Å²) in [6.07, 6.45) is 0. The summed E-state index contributed by atoms with van der Waals surface area (Å²) >= 11 is 1.23. The molecule has 0 spiro atoms. The summed E-state index contributed by atoms with van der Waals surface area (Å²) in [4.78, 5) is 14.5. The predicted molar refractivity (Wildman–Crippen MR) is 110 cm³/mol. The number of rotatable bonds is 8. The fourth-order valence-corrected chi connectivity index (χ4v) is 3.29. The van der Waals surface area contributed by atoms with Crippen molar-refractivity contribution < 1.29 is 13.9 Å². The Bertz CT molecular complexity index is 895. The minimum atomic E-state index is -0.0122. The molecule has 7 heteroatoms. The number of amides is 1. The minimum absolute atomic E-state index is 0.0122. The van der Waals surface area contributed by atoms with Crippen LogP contribution in [0.4, 0.5) is 5.69 Å². The van der Waals surface area contributed by atoms with Gasteiger partial charge in [-0.1, -0.05) is 47.7 Å². The van der Waals surface area contributed by atoms with E-state index < -0.39 is 0 Å². The van der Waals surface area contributed by atoms with Crippen LogP contribution in [0.2, 0.25) is 0 Å². The van der Waals surface area contributed by atoms with Crippen LogP contribution < -0.4 is 9.64 Å². The van der Waals surface area contributed by atoms with Gasteiger partial charge in [0.1, 0.15) is 5.75 Å². The van der Waals surface area contributed by atoms with Gasteiger partial charge in [-0.3, -0.25) is 4.79 Å². The van der Waals surface area contributed by atoms with Gasteiger partial charge in [-0.25, -0.2) is 0 Å². The molecule has 0 atom stereocenters. The van der Waals surface area contributed by atoms with E-state index in [-0.39, 0.29) is 24.3 Å². The number of anilines is 1. The van der Waals surface area contributed by atoms with Crippen LogP contribution >= 0.6 is 11.8 Å². The first kappa shape index (κ1) is 19.9. The van der Waals surface area contributed by atoms with Gasteiger partial charge < -0.3 is 14.1 Å². The highest BCUT2D eigenvalue weighted by Crippen LogP contribution is 2.22. The van der Waals surface area contributed by atoms with Crippen molar-refractivity contribution in [1.29, 1.82) is 0 Å². The smallest absolute Gasteiger partial charge is 0.277 e. The monoisotopic (exact) mass is 397 g/mol. The van der Waals surface area contributed by atoms with Crippen LogP contribution in [0.15, 0.2) is 64.2 Å². The highest BCUT2D eigenvalue weighted by Gasteiger charge is 2.20. The number of benzene rings is 2. The molecule has 28 heavy (non-hydrogen) atoms. The molecule has 0 aliphatic heterocycles.